The molecule has 0 saturated carbocycles. The predicted molar refractivity (Wildman–Crippen MR) is 105 cm³/mol. The van der Waals surface area contributed by atoms with Crippen LogP contribution in [0.25, 0.3) is 10.7 Å². The zero-order valence-electron chi connectivity index (χ0n) is 14.5. The molecule has 1 unspecified atom stereocenters. The summed E-state index contributed by atoms with van der Waals surface area (Å²) >= 11 is 3.13. The molecule has 0 aliphatic carbocycles. The van der Waals surface area contributed by atoms with Crippen LogP contribution >= 0.6 is 22.7 Å². The maximum Gasteiger partial charge on any atom is 0.267 e. The van der Waals surface area contributed by atoms with Gasteiger partial charge in [0, 0.05) is 6.42 Å². The van der Waals surface area contributed by atoms with E-state index in [0.717, 1.165) is 15.5 Å². The third-order valence-electron chi connectivity index (χ3n) is 4.31. The summed E-state index contributed by atoms with van der Waals surface area (Å²) in [5.41, 5.74) is 0.871. The summed E-state index contributed by atoms with van der Waals surface area (Å²) in [5.74, 6) is 0.993. The van der Waals surface area contributed by atoms with Gasteiger partial charge in [0.15, 0.2) is 0 Å². The van der Waals surface area contributed by atoms with Crippen molar-refractivity contribution >= 4 is 34.3 Å². The van der Waals surface area contributed by atoms with Gasteiger partial charge in [0.2, 0.25) is 5.82 Å². The van der Waals surface area contributed by atoms with Crippen molar-refractivity contribution in [1.82, 2.24) is 25.2 Å². The number of aromatic nitrogens is 4. The van der Waals surface area contributed by atoms with Crippen molar-refractivity contribution < 1.29 is 9.21 Å². The molecule has 0 N–H and O–H groups in total. The predicted octanol–water partition coefficient (Wildman–Crippen LogP) is 3.43. The van der Waals surface area contributed by atoms with E-state index in [1.807, 2.05) is 47.2 Å². The lowest BCUT2D eigenvalue weighted by molar-refractivity contribution is -0.134. The van der Waals surface area contributed by atoms with Gasteiger partial charge in [-0.3, -0.25) is 4.79 Å². The van der Waals surface area contributed by atoms with Crippen LogP contribution in [0.3, 0.4) is 0 Å². The van der Waals surface area contributed by atoms with Gasteiger partial charge >= 0.3 is 0 Å². The maximum atomic E-state index is 13.0. The topological polar surface area (TPSA) is 89.4 Å². The van der Waals surface area contributed by atoms with E-state index in [-0.39, 0.29) is 18.5 Å². The number of carbonyl (C=O) groups excluding carboxylic acids is 1. The number of nitrogens with zero attached hydrogens (tertiary/aromatic N) is 6. The Morgan fingerprint density at radius 2 is 1.96 bits per heavy atom. The monoisotopic (exact) mass is 410 g/mol. The molecule has 140 valence electrons. The summed E-state index contributed by atoms with van der Waals surface area (Å²) in [6, 6.07) is 11.2. The van der Waals surface area contributed by atoms with Gasteiger partial charge in [-0.1, -0.05) is 12.1 Å². The first-order chi connectivity index (χ1) is 13.8. The lowest BCUT2D eigenvalue weighted by Gasteiger charge is -2.19. The Balaban J connectivity index is 1.39. The van der Waals surface area contributed by atoms with E-state index in [1.54, 1.807) is 17.6 Å². The third kappa shape index (κ3) is 3.16. The molecule has 1 aliphatic heterocycles. The fraction of sp³-hybridized carbons (Fsp3) is 0.167. The SMILES string of the molecule is O=C(Cn1nnc(-c2cccs2)n1)N1N=C(c2cccs2)CC1c1ccco1. The summed E-state index contributed by atoms with van der Waals surface area (Å²) in [7, 11) is 0. The van der Waals surface area contributed by atoms with Crippen molar-refractivity contribution in [1.29, 1.82) is 0 Å². The summed E-state index contributed by atoms with van der Waals surface area (Å²) in [5, 5.41) is 22.3. The van der Waals surface area contributed by atoms with Crippen LogP contribution < -0.4 is 0 Å². The van der Waals surface area contributed by atoms with Gasteiger partial charge in [-0.05, 0) is 40.2 Å². The van der Waals surface area contributed by atoms with E-state index in [9.17, 15) is 4.79 Å². The van der Waals surface area contributed by atoms with Crippen molar-refractivity contribution in [2.24, 2.45) is 5.10 Å². The van der Waals surface area contributed by atoms with Crippen LogP contribution in [0, 0.1) is 0 Å². The Labute approximate surface area is 167 Å². The molecule has 1 atom stereocenters. The van der Waals surface area contributed by atoms with Crippen LogP contribution in [0.4, 0.5) is 0 Å². The Morgan fingerprint density at radius 1 is 1.14 bits per heavy atom. The van der Waals surface area contributed by atoms with E-state index in [4.69, 9.17) is 4.42 Å². The van der Waals surface area contributed by atoms with Gasteiger partial charge in [-0.25, -0.2) is 5.01 Å². The fourth-order valence-electron chi connectivity index (χ4n) is 3.04. The number of furan rings is 1. The molecule has 0 fully saturated rings. The van der Waals surface area contributed by atoms with Crippen molar-refractivity contribution in [2.75, 3.05) is 0 Å². The largest absolute Gasteiger partial charge is 0.467 e. The second-order valence-corrected chi connectivity index (χ2v) is 8.01. The fourth-order valence-corrected chi connectivity index (χ4v) is 4.41. The minimum atomic E-state index is -0.278. The summed E-state index contributed by atoms with van der Waals surface area (Å²) < 4.78 is 5.55. The van der Waals surface area contributed by atoms with Crippen molar-refractivity contribution in [3.63, 3.8) is 0 Å². The van der Waals surface area contributed by atoms with Gasteiger partial charge < -0.3 is 4.42 Å². The second-order valence-electron chi connectivity index (χ2n) is 6.12. The minimum absolute atomic E-state index is 0.0448. The van der Waals surface area contributed by atoms with Gasteiger partial charge in [-0.2, -0.15) is 9.90 Å². The zero-order valence-corrected chi connectivity index (χ0v) is 16.1. The number of thiophene rings is 2. The zero-order chi connectivity index (χ0) is 18.9. The minimum Gasteiger partial charge on any atom is -0.467 e. The van der Waals surface area contributed by atoms with Crippen LogP contribution in [-0.4, -0.2) is 36.8 Å². The maximum absolute atomic E-state index is 13.0. The molecule has 5 rings (SSSR count). The molecule has 0 aromatic carbocycles. The van der Waals surface area contributed by atoms with Crippen molar-refractivity contribution in [3.05, 3.63) is 64.1 Å². The Kier molecular flexibility index (Phi) is 4.34. The van der Waals surface area contributed by atoms with Gasteiger partial charge in [0.05, 0.1) is 21.7 Å². The highest BCUT2D eigenvalue weighted by atomic mass is 32.1. The van der Waals surface area contributed by atoms with Gasteiger partial charge in [-0.15, -0.1) is 32.9 Å². The average molecular weight is 410 g/mol. The third-order valence-corrected chi connectivity index (χ3v) is 6.10. The first-order valence-corrected chi connectivity index (χ1v) is 10.3. The molecule has 0 spiro atoms. The summed E-state index contributed by atoms with van der Waals surface area (Å²) in [6.45, 7) is -0.0448. The first kappa shape index (κ1) is 17.0. The van der Waals surface area contributed by atoms with Crippen molar-refractivity contribution in [3.8, 4) is 10.7 Å². The molecule has 5 heterocycles. The van der Waals surface area contributed by atoms with E-state index >= 15 is 0 Å². The number of hydrogen-bond donors (Lipinski definition) is 0. The average Bonchev–Trinajstić information content (AvgIpc) is 3.53. The van der Waals surface area contributed by atoms with E-state index in [2.05, 4.69) is 20.5 Å². The highest BCUT2D eigenvalue weighted by Gasteiger charge is 2.35. The lowest BCUT2D eigenvalue weighted by atomic mass is 10.1. The van der Waals surface area contributed by atoms with Crippen LogP contribution in [0.15, 0.2) is 62.9 Å². The molecule has 4 aromatic heterocycles. The molecule has 4 aromatic rings. The van der Waals surface area contributed by atoms with Crippen LogP contribution in [0.1, 0.15) is 23.1 Å². The molecule has 10 heteroatoms. The molecule has 28 heavy (non-hydrogen) atoms. The Hall–Kier alpha value is -3.11. The second kappa shape index (κ2) is 7.13. The van der Waals surface area contributed by atoms with E-state index < -0.39 is 0 Å². The molecule has 1 aliphatic rings. The quantitative estimate of drug-likeness (QED) is 0.503. The normalized spacial score (nSPS) is 16.5. The molecule has 1 amide bonds. The number of carbonyl (C=O) groups is 1. The summed E-state index contributed by atoms with van der Waals surface area (Å²) in [6.07, 6.45) is 2.21. The smallest absolute Gasteiger partial charge is 0.267 e. The molecule has 0 saturated heterocycles. The Morgan fingerprint density at radius 3 is 2.68 bits per heavy atom. The number of hydrazone groups is 1. The van der Waals surface area contributed by atoms with Crippen LogP contribution in [0.5, 0.6) is 0 Å². The lowest BCUT2D eigenvalue weighted by Crippen LogP contribution is -2.31. The highest BCUT2D eigenvalue weighted by Crippen LogP contribution is 2.34. The molecular weight excluding hydrogens is 396 g/mol. The standard InChI is InChI=1S/C18H14N6O2S2/c25-17(11-23-21-18(19-22-23)16-6-3-9-28-16)24-13(14-4-1-7-26-14)10-12(20-24)15-5-2-8-27-15/h1-9,13H,10-11H2. The number of hydrogen-bond acceptors (Lipinski definition) is 8. The number of tetrazole rings is 1. The molecular formula is C18H14N6O2S2. The Bertz CT molecular complexity index is 1100. The first-order valence-electron chi connectivity index (χ1n) is 8.56. The molecule has 0 bridgehead atoms. The molecule has 8 nitrogen and oxygen atoms in total. The number of rotatable bonds is 5. The van der Waals surface area contributed by atoms with Gasteiger partial charge in [0.1, 0.15) is 18.3 Å². The van der Waals surface area contributed by atoms with Crippen molar-refractivity contribution in [2.45, 2.75) is 19.0 Å². The highest BCUT2D eigenvalue weighted by molar-refractivity contribution is 7.13. The van der Waals surface area contributed by atoms with Crippen LogP contribution in [0.2, 0.25) is 0 Å². The van der Waals surface area contributed by atoms with E-state index in [0.29, 0.717) is 18.0 Å². The van der Waals surface area contributed by atoms with Gasteiger partial charge in [0.25, 0.3) is 5.91 Å². The summed E-state index contributed by atoms with van der Waals surface area (Å²) in [4.78, 5) is 16.2. The number of amides is 1. The van der Waals surface area contributed by atoms with Crippen LogP contribution in [-0.2, 0) is 11.3 Å². The van der Waals surface area contributed by atoms with E-state index in [1.165, 1.54) is 21.1 Å². The molecule has 0 radical (unpaired) electrons.